The quantitative estimate of drug-likeness (QED) is 0.871. The monoisotopic (exact) mass is 390 g/mol. The highest BCUT2D eigenvalue weighted by Gasteiger charge is 2.42. The van der Waals surface area contributed by atoms with Crippen molar-refractivity contribution < 1.29 is 14.3 Å². The number of amides is 2. The van der Waals surface area contributed by atoms with Crippen LogP contribution in [0.25, 0.3) is 5.65 Å². The smallest absolute Gasteiger partial charge is 0.274 e. The Hall–Kier alpha value is -2.12. The van der Waals surface area contributed by atoms with E-state index in [1.165, 1.54) is 0 Å². The Balaban J connectivity index is 1.56. The van der Waals surface area contributed by atoms with Crippen molar-refractivity contribution in [3.63, 3.8) is 0 Å². The van der Waals surface area contributed by atoms with Crippen molar-refractivity contribution in [2.45, 2.75) is 38.3 Å². The van der Waals surface area contributed by atoms with Crippen molar-refractivity contribution in [3.8, 4) is 0 Å². The lowest BCUT2D eigenvalue weighted by Gasteiger charge is -2.45. The number of aromatic nitrogens is 2. The van der Waals surface area contributed by atoms with Crippen molar-refractivity contribution in [2.24, 2.45) is 5.92 Å². The van der Waals surface area contributed by atoms with Gasteiger partial charge in [0.05, 0.1) is 23.8 Å². The Bertz CT molecular complexity index is 868. The van der Waals surface area contributed by atoms with Crippen molar-refractivity contribution in [1.29, 1.82) is 0 Å². The van der Waals surface area contributed by atoms with Crippen LogP contribution in [0.3, 0.4) is 0 Å². The molecule has 0 spiro atoms. The number of ether oxygens (including phenoxy) is 1. The van der Waals surface area contributed by atoms with Crippen LogP contribution in [0.15, 0.2) is 24.5 Å². The maximum absolute atomic E-state index is 13.2. The highest BCUT2D eigenvalue weighted by Crippen LogP contribution is 2.33. The van der Waals surface area contributed by atoms with Gasteiger partial charge >= 0.3 is 0 Å². The SMILES string of the molecule is CCNC(=O)[C@H]1CC[C@H]2OCCN(C(=O)c3cn4cc(Cl)ccc4n3)[C@@H]2C1. The summed E-state index contributed by atoms with van der Waals surface area (Å²) in [6.45, 7) is 3.56. The molecule has 1 aliphatic heterocycles. The fourth-order valence-corrected chi connectivity index (χ4v) is 4.30. The number of nitrogens with zero attached hydrogens (tertiary/aromatic N) is 3. The summed E-state index contributed by atoms with van der Waals surface area (Å²) >= 11 is 6.02. The van der Waals surface area contributed by atoms with Gasteiger partial charge in [0, 0.05) is 31.4 Å². The van der Waals surface area contributed by atoms with E-state index < -0.39 is 0 Å². The van der Waals surface area contributed by atoms with Gasteiger partial charge in [-0.05, 0) is 38.3 Å². The van der Waals surface area contributed by atoms with E-state index in [9.17, 15) is 9.59 Å². The third kappa shape index (κ3) is 3.53. The lowest BCUT2D eigenvalue weighted by molar-refractivity contribution is -0.131. The molecule has 1 aliphatic carbocycles. The number of hydrogen-bond donors (Lipinski definition) is 1. The van der Waals surface area contributed by atoms with Crippen LogP contribution >= 0.6 is 11.6 Å². The van der Waals surface area contributed by atoms with Crippen molar-refractivity contribution in [3.05, 3.63) is 35.2 Å². The fourth-order valence-electron chi connectivity index (χ4n) is 4.13. The topological polar surface area (TPSA) is 75.9 Å². The first-order chi connectivity index (χ1) is 13.1. The third-order valence-corrected chi connectivity index (χ3v) is 5.66. The van der Waals surface area contributed by atoms with E-state index in [1.807, 2.05) is 11.8 Å². The lowest BCUT2D eigenvalue weighted by atomic mass is 9.81. The molecule has 0 aromatic carbocycles. The van der Waals surface area contributed by atoms with Gasteiger partial charge in [-0.25, -0.2) is 4.98 Å². The fraction of sp³-hybridized carbons (Fsp3) is 0.526. The summed E-state index contributed by atoms with van der Waals surface area (Å²) in [6.07, 6.45) is 5.63. The van der Waals surface area contributed by atoms with Gasteiger partial charge in [0.25, 0.3) is 5.91 Å². The van der Waals surface area contributed by atoms with Gasteiger partial charge < -0.3 is 19.4 Å². The Labute approximate surface area is 162 Å². The minimum Gasteiger partial charge on any atom is -0.374 e. The average molecular weight is 391 g/mol. The second-order valence-corrected chi connectivity index (χ2v) is 7.56. The highest BCUT2D eigenvalue weighted by atomic mass is 35.5. The van der Waals surface area contributed by atoms with Crippen LogP contribution in [-0.4, -0.2) is 57.9 Å². The minimum absolute atomic E-state index is 0.0140. The Morgan fingerprint density at radius 1 is 1.33 bits per heavy atom. The van der Waals surface area contributed by atoms with E-state index in [0.717, 1.165) is 12.8 Å². The summed E-state index contributed by atoms with van der Waals surface area (Å²) in [5, 5.41) is 3.48. The van der Waals surface area contributed by atoms with E-state index in [0.29, 0.717) is 42.5 Å². The van der Waals surface area contributed by atoms with E-state index in [2.05, 4.69) is 10.3 Å². The molecule has 2 aromatic heterocycles. The third-order valence-electron chi connectivity index (χ3n) is 5.44. The minimum atomic E-state index is -0.121. The van der Waals surface area contributed by atoms with Crippen LogP contribution < -0.4 is 5.32 Å². The molecule has 1 saturated heterocycles. The zero-order valence-corrected chi connectivity index (χ0v) is 16.0. The van der Waals surface area contributed by atoms with E-state index in [4.69, 9.17) is 16.3 Å². The van der Waals surface area contributed by atoms with Gasteiger partial charge in [-0.1, -0.05) is 11.6 Å². The summed E-state index contributed by atoms with van der Waals surface area (Å²) in [6, 6.07) is 3.44. The van der Waals surface area contributed by atoms with E-state index >= 15 is 0 Å². The van der Waals surface area contributed by atoms with Gasteiger partial charge in [0.15, 0.2) is 0 Å². The molecule has 2 amide bonds. The molecule has 1 N–H and O–H groups in total. The molecule has 1 saturated carbocycles. The van der Waals surface area contributed by atoms with E-state index in [-0.39, 0.29) is 29.9 Å². The molecule has 2 aromatic rings. The number of nitrogens with one attached hydrogen (secondary N) is 1. The number of rotatable bonds is 3. The summed E-state index contributed by atoms with van der Waals surface area (Å²) < 4.78 is 7.65. The van der Waals surface area contributed by atoms with E-state index in [1.54, 1.807) is 28.9 Å². The van der Waals surface area contributed by atoms with Gasteiger partial charge in [0.1, 0.15) is 11.3 Å². The summed E-state index contributed by atoms with van der Waals surface area (Å²) in [5.41, 5.74) is 1.06. The molecule has 0 bridgehead atoms. The summed E-state index contributed by atoms with van der Waals surface area (Å²) in [7, 11) is 0. The van der Waals surface area contributed by atoms with Crippen LogP contribution in [0.1, 0.15) is 36.7 Å². The maximum atomic E-state index is 13.2. The molecule has 2 aliphatic rings. The van der Waals surface area contributed by atoms with Gasteiger partial charge in [-0.15, -0.1) is 0 Å². The van der Waals surface area contributed by atoms with Crippen LogP contribution in [0, 0.1) is 5.92 Å². The molecule has 0 unspecified atom stereocenters. The Morgan fingerprint density at radius 2 is 2.19 bits per heavy atom. The lowest BCUT2D eigenvalue weighted by Crippen LogP contribution is -2.57. The van der Waals surface area contributed by atoms with Gasteiger partial charge in [-0.2, -0.15) is 0 Å². The number of carbonyl (C=O) groups excluding carboxylic acids is 2. The first kappa shape index (κ1) is 18.3. The molecule has 0 radical (unpaired) electrons. The van der Waals surface area contributed by atoms with Crippen LogP contribution in [-0.2, 0) is 9.53 Å². The number of imidazole rings is 1. The summed E-state index contributed by atoms with van der Waals surface area (Å²) in [4.78, 5) is 31.7. The molecule has 144 valence electrons. The molecule has 3 heterocycles. The molecule has 8 heteroatoms. The normalized spacial score (nSPS) is 25.3. The summed E-state index contributed by atoms with van der Waals surface area (Å²) in [5.74, 6) is -0.135. The first-order valence-corrected chi connectivity index (χ1v) is 9.79. The zero-order valence-electron chi connectivity index (χ0n) is 15.2. The highest BCUT2D eigenvalue weighted by molar-refractivity contribution is 6.30. The van der Waals surface area contributed by atoms with Crippen molar-refractivity contribution in [2.75, 3.05) is 19.7 Å². The Kier molecular flexibility index (Phi) is 5.06. The predicted octanol–water partition coefficient (Wildman–Crippen LogP) is 2.13. The molecular weight excluding hydrogens is 368 g/mol. The number of halogens is 1. The molecule has 4 rings (SSSR count). The molecule has 7 nitrogen and oxygen atoms in total. The number of hydrogen-bond acceptors (Lipinski definition) is 4. The predicted molar refractivity (Wildman–Crippen MR) is 101 cm³/mol. The molecule has 27 heavy (non-hydrogen) atoms. The molecule has 2 fully saturated rings. The second-order valence-electron chi connectivity index (χ2n) is 7.12. The number of morpholine rings is 1. The maximum Gasteiger partial charge on any atom is 0.274 e. The zero-order chi connectivity index (χ0) is 19.0. The largest absolute Gasteiger partial charge is 0.374 e. The van der Waals surface area contributed by atoms with Crippen molar-refractivity contribution >= 4 is 29.1 Å². The Morgan fingerprint density at radius 3 is 3.00 bits per heavy atom. The van der Waals surface area contributed by atoms with Crippen LogP contribution in [0.2, 0.25) is 5.02 Å². The van der Waals surface area contributed by atoms with Crippen molar-refractivity contribution in [1.82, 2.24) is 19.6 Å². The number of fused-ring (bicyclic) bond motifs is 2. The van der Waals surface area contributed by atoms with Crippen LogP contribution in [0.4, 0.5) is 0 Å². The molecular formula is C19H23ClN4O3. The second kappa shape index (κ2) is 7.48. The van der Waals surface area contributed by atoms with Crippen LogP contribution in [0.5, 0.6) is 0 Å². The molecule has 3 atom stereocenters. The van der Waals surface area contributed by atoms with Gasteiger partial charge in [-0.3, -0.25) is 9.59 Å². The standard InChI is InChI=1S/C19H23ClN4O3/c1-2-21-18(25)12-3-5-16-15(9-12)24(7-8-27-16)19(26)14-11-23-10-13(20)4-6-17(23)22-14/h4,6,10-12,15-16H,2-3,5,7-9H2,1H3,(H,21,25)/t12-,15+,16+/m0/s1. The first-order valence-electron chi connectivity index (χ1n) is 9.41. The number of carbonyl (C=O) groups is 2. The number of pyridine rings is 1. The van der Waals surface area contributed by atoms with Gasteiger partial charge in [0.2, 0.25) is 5.91 Å². The average Bonchev–Trinajstić information content (AvgIpc) is 3.10.